The van der Waals surface area contributed by atoms with E-state index in [0.29, 0.717) is 17.6 Å². The molecule has 0 radical (unpaired) electrons. The molecule has 0 heterocycles. The van der Waals surface area contributed by atoms with Crippen LogP contribution in [0.15, 0.2) is 0 Å². The van der Waals surface area contributed by atoms with Gasteiger partial charge in [-0.2, -0.15) is 0 Å². The summed E-state index contributed by atoms with van der Waals surface area (Å²) in [5, 5.41) is 0. The molecular weight excluding hydrogens is 210 g/mol. The van der Waals surface area contributed by atoms with E-state index in [2.05, 4.69) is 19.0 Å². The van der Waals surface area contributed by atoms with E-state index >= 15 is 0 Å². The van der Waals surface area contributed by atoms with Crippen molar-refractivity contribution in [1.82, 2.24) is 4.90 Å². The first kappa shape index (κ1) is 13.1. The minimum atomic E-state index is 0.417. The summed E-state index contributed by atoms with van der Waals surface area (Å²) in [6, 6.07) is 0.757. The summed E-state index contributed by atoms with van der Waals surface area (Å²) in [7, 11) is 4.36. The molecule has 2 nitrogen and oxygen atoms in total. The fourth-order valence-corrected chi connectivity index (χ4v) is 3.71. The van der Waals surface area contributed by atoms with Gasteiger partial charge in [0.05, 0.1) is 0 Å². The maximum absolute atomic E-state index is 12.1. The molecule has 0 N–H and O–H groups in total. The molecule has 0 saturated heterocycles. The normalized spacial score (nSPS) is 35.9. The number of carbonyl (C=O) groups excluding carboxylic acids is 1. The van der Waals surface area contributed by atoms with E-state index in [1.54, 1.807) is 0 Å². The predicted octanol–water partition coefficient (Wildman–Crippen LogP) is 3.26. The van der Waals surface area contributed by atoms with Crippen molar-refractivity contribution in [2.45, 2.75) is 63.8 Å². The molecule has 0 aromatic rings. The van der Waals surface area contributed by atoms with Gasteiger partial charge in [-0.3, -0.25) is 4.79 Å². The van der Waals surface area contributed by atoms with Crippen LogP contribution in [-0.4, -0.2) is 30.8 Å². The largest absolute Gasteiger partial charge is 0.306 e. The van der Waals surface area contributed by atoms with Crippen molar-refractivity contribution in [2.24, 2.45) is 11.8 Å². The van der Waals surface area contributed by atoms with Gasteiger partial charge in [0.2, 0.25) is 0 Å². The number of rotatable bonds is 2. The summed E-state index contributed by atoms with van der Waals surface area (Å²) in [4.78, 5) is 14.5. The van der Waals surface area contributed by atoms with Gasteiger partial charge in [-0.1, -0.05) is 12.8 Å². The Morgan fingerprint density at radius 1 is 0.941 bits per heavy atom. The highest BCUT2D eigenvalue weighted by atomic mass is 16.1. The molecular formula is C15H27NO. The van der Waals surface area contributed by atoms with Gasteiger partial charge in [-0.05, 0) is 58.5 Å². The van der Waals surface area contributed by atoms with Gasteiger partial charge in [0.15, 0.2) is 0 Å². The minimum absolute atomic E-state index is 0.417. The summed E-state index contributed by atoms with van der Waals surface area (Å²) in [6.45, 7) is 0. The zero-order chi connectivity index (χ0) is 12.3. The van der Waals surface area contributed by atoms with E-state index in [4.69, 9.17) is 0 Å². The summed E-state index contributed by atoms with van der Waals surface area (Å²) < 4.78 is 0. The predicted molar refractivity (Wildman–Crippen MR) is 71.0 cm³/mol. The van der Waals surface area contributed by atoms with E-state index < -0.39 is 0 Å². The van der Waals surface area contributed by atoms with Gasteiger partial charge in [-0.15, -0.1) is 0 Å². The molecule has 2 fully saturated rings. The van der Waals surface area contributed by atoms with Crippen molar-refractivity contribution in [1.29, 1.82) is 0 Å². The molecule has 98 valence electrons. The van der Waals surface area contributed by atoms with E-state index in [1.165, 1.54) is 44.9 Å². The van der Waals surface area contributed by atoms with E-state index in [0.717, 1.165) is 18.9 Å². The summed E-state index contributed by atoms with van der Waals surface area (Å²) in [5.74, 6) is 1.70. The lowest BCUT2D eigenvalue weighted by Crippen LogP contribution is -2.35. The van der Waals surface area contributed by atoms with Gasteiger partial charge >= 0.3 is 0 Å². The number of nitrogens with zero attached hydrogens (tertiary/aromatic N) is 1. The van der Waals surface area contributed by atoms with E-state index in [-0.39, 0.29) is 0 Å². The Hall–Kier alpha value is -0.370. The summed E-state index contributed by atoms with van der Waals surface area (Å²) >= 11 is 0. The smallest absolute Gasteiger partial charge is 0.136 e. The number of ketones is 1. The van der Waals surface area contributed by atoms with Gasteiger partial charge < -0.3 is 4.90 Å². The lowest BCUT2D eigenvalue weighted by atomic mass is 9.74. The van der Waals surface area contributed by atoms with Gasteiger partial charge in [-0.25, -0.2) is 0 Å². The number of Topliss-reactive ketones (excluding diaryl/α,β-unsaturated/α-hetero) is 1. The Bertz CT molecular complexity index is 254. The zero-order valence-electron chi connectivity index (χ0n) is 11.5. The van der Waals surface area contributed by atoms with Crippen LogP contribution in [-0.2, 0) is 4.79 Å². The van der Waals surface area contributed by atoms with E-state index in [9.17, 15) is 4.79 Å². The van der Waals surface area contributed by atoms with Gasteiger partial charge in [0.25, 0.3) is 0 Å². The molecule has 2 heteroatoms. The highest BCUT2D eigenvalue weighted by molar-refractivity contribution is 5.81. The average Bonchev–Trinajstić information content (AvgIpc) is 2.54. The average molecular weight is 237 g/mol. The van der Waals surface area contributed by atoms with Crippen molar-refractivity contribution >= 4 is 5.78 Å². The molecule has 1 atom stereocenters. The van der Waals surface area contributed by atoms with Crippen molar-refractivity contribution in [3.63, 3.8) is 0 Å². The Labute approximate surface area is 106 Å². The van der Waals surface area contributed by atoms with Crippen molar-refractivity contribution in [2.75, 3.05) is 14.1 Å². The van der Waals surface area contributed by atoms with Crippen LogP contribution in [0.5, 0.6) is 0 Å². The molecule has 0 spiro atoms. The molecule has 0 amide bonds. The van der Waals surface area contributed by atoms with Crippen LogP contribution in [0.4, 0.5) is 0 Å². The topological polar surface area (TPSA) is 20.3 Å². The monoisotopic (exact) mass is 237 g/mol. The number of carbonyl (C=O) groups is 1. The highest BCUT2D eigenvalue weighted by Crippen LogP contribution is 2.36. The Balaban J connectivity index is 1.88. The lowest BCUT2D eigenvalue weighted by Gasteiger charge is -2.35. The molecule has 2 saturated carbocycles. The maximum atomic E-state index is 12.1. The van der Waals surface area contributed by atoms with Crippen LogP contribution in [0.1, 0.15) is 57.8 Å². The van der Waals surface area contributed by atoms with E-state index in [1.807, 2.05) is 0 Å². The van der Waals surface area contributed by atoms with Crippen molar-refractivity contribution in [3.05, 3.63) is 0 Å². The maximum Gasteiger partial charge on any atom is 0.136 e. The molecule has 0 bridgehead atoms. The lowest BCUT2D eigenvalue weighted by molar-refractivity contribution is -0.125. The zero-order valence-corrected chi connectivity index (χ0v) is 11.5. The first-order valence-electron chi connectivity index (χ1n) is 7.37. The Morgan fingerprint density at radius 3 is 2.29 bits per heavy atom. The van der Waals surface area contributed by atoms with Crippen molar-refractivity contribution < 1.29 is 4.79 Å². The first-order chi connectivity index (χ1) is 8.18. The second-order valence-corrected chi connectivity index (χ2v) is 6.20. The minimum Gasteiger partial charge on any atom is -0.306 e. The van der Waals surface area contributed by atoms with Crippen LogP contribution in [0.2, 0.25) is 0 Å². The molecule has 1 unspecified atom stereocenters. The molecule has 0 aliphatic heterocycles. The third-order valence-electron chi connectivity index (χ3n) is 4.89. The molecule has 0 aromatic heterocycles. The molecule has 2 aliphatic carbocycles. The van der Waals surface area contributed by atoms with Crippen LogP contribution in [0.25, 0.3) is 0 Å². The standard InChI is InChI=1S/C15H27NO/c1-16(2)13-10-8-12(9-11-13)14-6-4-3-5-7-15(14)17/h12-14H,3-11H2,1-2H3. The van der Waals surface area contributed by atoms with Crippen LogP contribution < -0.4 is 0 Å². The molecule has 2 rings (SSSR count). The van der Waals surface area contributed by atoms with Crippen LogP contribution in [0, 0.1) is 11.8 Å². The fraction of sp³-hybridized carbons (Fsp3) is 0.933. The van der Waals surface area contributed by atoms with Crippen LogP contribution in [0.3, 0.4) is 0 Å². The van der Waals surface area contributed by atoms with Gasteiger partial charge in [0, 0.05) is 18.4 Å². The second kappa shape index (κ2) is 5.99. The number of hydrogen-bond acceptors (Lipinski definition) is 2. The van der Waals surface area contributed by atoms with Crippen molar-refractivity contribution in [3.8, 4) is 0 Å². The fourth-order valence-electron chi connectivity index (χ4n) is 3.71. The first-order valence-corrected chi connectivity index (χ1v) is 7.37. The SMILES string of the molecule is CN(C)C1CCC(C2CCCCCC2=O)CC1. The Kier molecular flexibility index (Phi) is 4.61. The second-order valence-electron chi connectivity index (χ2n) is 6.20. The summed E-state index contributed by atoms with van der Waals surface area (Å²) in [6.07, 6.45) is 10.9. The Morgan fingerprint density at radius 2 is 1.65 bits per heavy atom. The highest BCUT2D eigenvalue weighted by Gasteiger charge is 2.32. The van der Waals surface area contributed by atoms with Crippen LogP contribution >= 0.6 is 0 Å². The molecule has 17 heavy (non-hydrogen) atoms. The third kappa shape index (κ3) is 3.31. The third-order valence-corrected chi connectivity index (χ3v) is 4.89. The quantitative estimate of drug-likeness (QED) is 0.687. The summed E-state index contributed by atoms with van der Waals surface area (Å²) in [5.41, 5.74) is 0. The number of hydrogen-bond donors (Lipinski definition) is 0. The molecule has 0 aromatic carbocycles. The molecule has 2 aliphatic rings. The van der Waals surface area contributed by atoms with Gasteiger partial charge in [0.1, 0.15) is 5.78 Å².